The van der Waals surface area contributed by atoms with Crippen molar-refractivity contribution in [3.8, 4) is 0 Å². The summed E-state index contributed by atoms with van der Waals surface area (Å²) in [7, 11) is 0. The number of carbonyl (C=O) groups is 1. The molecule has 1 atom stereocenters. The lowest BCUT2D eigenvalue weighted by molar-refractivity contribution is -0.138. The molecule has 3 nitrogen and oxygen atoms in total. The number of carboxylic acids is 1. The maximum Gasteiger partial charge on any atom is 0.320 e. The summed E-state index contributed by atoms with van der Waals surface area (Å²) >= 11 is 5.82. The van der Waals surface area contributed by atoms with Crippen molar-refractivity contribution in [2.75, 3.05) is 0 Å². The smallest absolute Gasteiger partial charge is 0.320 e. The largest absolute Gasteiger partial charge is 0.480 e. The molecule has 0 aliphatic heterocycles. The number of hydrogen-bond acceptors (Lipinski definition) is 2. The molecule has 0 bridgehead atoms. The average molecular weight is 208 g/mol. The molecule has 0 amide bonds. The first-order valence-electron chi connectivity index (χ1n) is 4.66. The molecule has 0 unspecified atom stereocenters. The summed E-state index contributed by atoms with van der Waals surface area (Å²) in [6.45, 7) is 1.42. The molecule has 1 aliphatic rings. The lowest BCUT2D eigenvalue weighted by atomic mass is 10.0. The number of hydrogen-bond donors (Lipinski definition) is 2. The van der Waals surface area contributed by atoms with Gasteiger partial charge in [0.2, 0.25) is 0 Å². The minimum atomic E-state index is -0.963. The van der Waals surface area contributed by atoms with Crippen LogP contribution in [-0.2, 0) is 4.79 Å². The number of carboxylic acid groups (broad SMARTS) is 1. The molecule has 0 radical (unpaired) electrons. The van der Waals surface area contributed by atoms with Crippen LogP contribution in [0.5, 0.6) is 0 Å². The molecular formula is C9H18ClNO2. The van der Waals surface area contributed by atoms with Crippen molar-refractivity contribution in [2.45, 2.75) is 50.4 Å². The van der Waals surface area contributed by atoms with Gasteiger partial charge >= 0.3 is 5.97 Å². The second kappa shape index (κ2) is 7.15. The highest BCUT2D eigenvalue weighted by Crippen LogP contribution is 2.21. The third-order valence-corrected chi connectivity index (χ3v) is 2.36. The Morgan fingerprint density at radius 1 is 1.46 bits per heavy atom. The molecule has 0 aromatic heterocycles. The Balaban J connectivity index is 0.000000226. The average Bonchev–Trinajstić information content (AvgIpc) is 2.06. The van der Waals surface area contributed by atoms with Gasteiger partial charge in [0.25, 0.3) is 0 Å². The molecule has 3 N–H and O–H groups in total. The molecule has 0 aromatic carbocycles. The van der Waals surface area contributed by atoms with Gasteiger partial charge in [0.1, 0.15) is 6.04 Å². The Morgan fingerprint density at radius 3 is 2.00 bits per heavy atom. The van der Waals surface area contributed by atoms with Crippen LogP contribution in [0.25, 0.3) is 0 Å². The quantitative estimate of drug-likeness (QED) is 0.647. The number of halogens is 1. The van der Waals surface area contributed by atoms with Crippen LogP contribution in [0.2, 0.25) is 0 Å². The minimum absolute atomic E-state index is 0.508. The number of nitrogens with two attached hydrogens (primary N) is 1. The van der Waals surface area contributed by atoms with Crippen molar-refractivity contribution < 1.29 is 9.90 Å². The molecule has 1 rings (SSSR count). The fourth-order valence-electron chi connectivity index (χ4n) is 1.05. The van der Waals surface area contributed by atoms with Crippen LogP contribution >= 0.6 is 11.6 Å². The van der Waals surface area contributed by atoms with E-state index in [0.717, 1.165) is 0 Å². The van der Waals surface area contributed by atoms with E-state index in [0.29, 0.717) is 5.38 Å². The third-order valence-electron chi connectivity index (χ3n) is 1.92. The van der Waals surface area contributed by atoms with Gasteiger partial charge in [0.15, 0.2) is 0 Å². The summed E-state index contributed by atoms with van der Waals surface area (Å²) < 4.78 is 0. The van der Waals surface area contributed by atoms with E-state index in [1.54, 1.807) is 0 Å². The van der Waals surface area contributed by atoms with E-state index >= 15 is 0 Å². The highest BCUT2D eigenvalue weighted by Gasteiger charge is 2.08. The Morgan fingerprint density at radius 2 is 1.85 bits per heavy atom. The summed E-state index contributed by atoms with van der Waals surface area (Å²) in [5, 5.41) is 8.37. The van der Waals surface area contributed by atoms with E-state index in [4.69, 9.17) is 22.4 Å². The van der Waals surface area contributed by atoms with Gasteiger partial charge in [-0.05, 0) is 19.8 Å². The molecule has 13 heavy (non-hydrogen) atoms. The zero-order valence-corrected chi connectivity index (χ0v) is 8.76. The van der Waals surface area contributed by atoms with Gasteiger partial charge in [-0.1, -0.05) is 19.3 Å². The normalized spacial score (nSPS) is 19.9. The van der Waals surface area contributed by atoms with Crippen LogP contribution in [0.15, 0.2) is 0 Å². The summed E-state index contributed by atoms with van der Waals surface area (Å²) in [4.78, 5) is 9.57. The zero-order chi connectivity index (χ0) is 10.3. The van der Waals surface area contributed by atoms with Crippen molar-refractivity contribution in [3.63, 3.8) is 0 Å². The van der Waals surface area contributed by atoms with Crippen LogP contribution in [0.4, 0.5) is 0 Å². The summed E-state index contributed by atoms with van der Waals surface area (Å²) in [5.74, 6) is -0.963. The SMILES string of the molecule is C[C@H](N)C(=O)O.ClC1CCCCC1. The monoisotopic (exact) mass is 207 g/mol. The van der Waals surface area contributed by atoms with Crippen LogP contribution in [0.3, 0.4) is 0 Å². The first kappa shape index (κ1) is 12.7. The standard InChI is InChI=1S/C6H11Cl.C3H7NO2/c7-6-4-2-1-3-5-6;1-2(4)3(5)6/h6H,1-5H2;2H,4H2,1H3,(H,5,6)/t;2-/m.0/s1. The van der Waals surface area contributed by atoms with Gasteiger partial charge in [-0.15, -0.1) is 11.6 Å². The first-order chi connectivity index (χ1) is 6.04. The van der Waals surface area contributed by atoms with Crippen molar-refractivity contribution >= 4 is 17.6 Å². The van der Waals surface area contributed by atoms with Crippen LogP contribution in [0.1, 0.15) is 39.0 Å². The zero-order valence-electron chi connectivity index (χ0n) is 8.00. The second-order valence-electron chi connectivity index (χ2n) is 3.36. The van der Waals surface area contributed by atoms with E-state index in [2.05, 4.69) is 0 Å². The van der Waals surface area contributed by atoms with Crippen LogP contribution < -0.4 is 5.73 Å². The van der Waals surface area contributed by atoms with E-state index in [-0.39, 0.29) is 0 Å². The fraction of sp³-hybridized carbons (Fsp3) is 0.889. The molecule has 0 aromatic rings. The Bertz CT molecular complexity index is 145. The molecule has 78 valence electrons. The van der Waals surface area contributed by atoms with Crippen LogP contribution in [0, 0.1) is 0 Å². The summed E-state index contributed by atoms with van der Waals surface area (Å²) in [5.41, 5.74) is 4.84. The van der Waals surface area contributed by atoms with E-state index < -0.39 is 12.0 Å². The van der Waals surface area contributed by atoms with Crippen molar-refractivity contribution in [3.05, 3.63) is 0 Å². The maximum atomic E-state index is 9.57. The van der Waals surface area contributed by atoms with E-state index in [9.17, 15) is 4.79 Å². The van der Waals surface area contributed by atoms with Gasteiger partial charge in [-0.25, -0.2) is 0 Å². The fourth-order valence-corrected chi connectivity index (χ4v) is 1.36. The van der Waals surface area contributed by atoms with Gasteiger partial charge < -0.3 is 10.8 Å². The lowest BCUT2D eigenvalue weighted by Crippen LogP contribution is -2.25. The maximum absolute atomic E-state index is 9.57. The predicted octanol–water partition coefficient (Wildman–Crippen LogP) is 1.98. The van der Waals surface area contributed by atoms with Gasteiger partial charge in [-0.2, -0.15) is 0 Å². The van der Waals surface area contributed by atoms with Crippen molar-refractivity contribution in [1.29, 1.82) is 0 Å². The highest BCUT2D eigenvalue weighted by atomic mass is 35.5. The summed E-state index contributed by atoms with van der Waals surface area (Å²) in [6, 6.07) is -0.731. The number of rotatable bonds is 1. The Hall–Kier alpha value is -0.280. The third kappa shape index (κ3) is 8.06. The second-order valence-corrected chi connectivity index (χ2v) is 3.98. The Labute approximate surface area is 84.3 Å². The highest BCUT2D eigenvalue weighted by molar-refractivity contribution is 6.20. The molecule has 1 saturated carbocycles. The molecule has 0 spiro atoms. The van der Waals surface area contributed by atoms with Crippen molar-refractivity contribution in [2.24, 2.45) is 5.73 Å². The van der Waals surface area contributed by atoms with Gasteiger partial charge in [-0.3, -0.25) is 4.79 Å². The molecule has 1 fully saturated rings. The molecule has 1 aliphatic carbocycles. The Kier molecular flexibility index (Phi) is 7.00. The predicted molar refractivity (Wildman–Crippen MR) is 54.0 cm³/mol. The lowest BCUT2D eigenvalue weighted by Gasteiger charge is -2.13. The molecule has 4 heteroatoms. The molecule has 0 saturated heterocycles. The van der Waals surface area contributed by atoms with Gasteiger partial charge in [0.05, 0.1) is 0 Å². The van der Waals surface area contributed by atoms with Crippen LogP contribution in [-0.4, -0.2) is 22.5 Å². The van der Waals surface area contributed by atoms with Crippen molar-refractivity contribution in [1.82, 2.24) is 0 Å². The number of alkyl halides is 1. The topological polar surface area (TPSA) is 63.3 Å². The molecular weight excluding hydrogens is 190 g/mol. The number of aliphatic carboxylic acids is 1. The molecule has 0 heterocycles. The van der Waals surface area contributed by atoms with E-state index in [1.165, 1.54) is 39.0 Å². The minimum Gasteiger partial charge on any atom is -0.480 e. The summed E-state index contributed by atoms with van der Waals surface area (Å²) in [6.07, 6.45) is 6.62. The first-order valence-corrected chi connectivity index (χ1v) is 5.10. The van der Waals surface area contributed by atoms with Gasteiger partial charge in [0, 0.05) is 5.38 Å². The van der Waals surface area contributed by atoms with E-state index in [1.807, 2.05) is 0 Å².